The Morgan fingerprint density at radius 1 is 1.29 bits per heavy atom. The van der Waals surface area contributed by atoms with Gasteiger partial charge in [-0.05, 0) is 49.1 Å². The number of anilines is 2. The van der Waals surface area contributed by atoms with E-state index in [1.807, 2.05) is 6.07 Å². The molecule has 24 heavy (non-hydrogen) atoms. The van der Waals surface area contributed by atoms with Gasteiger partial charge in [-0.1, -0.05) is 30.1 Å². The maximum Gasteiger partial charge on any atom is 0.255 e. The molecule has 6 heteroatoms. The number of carbonyl (C=O) groups is 1. The van der Waals surface area contributed by atoms with E-state index < -0.39 is 0 Å². The number of nitrogens with one attached hydrogen (secondary N) is 1. The monoisotopic (exact) mass is 363 g/mol. The van der Waals surface area contributed by atoms with Crippen molar-refractivity contribution in [2.45, 2.75) is 19.8 Å². The maximum absolute atomic E-state index is 12.5. The molecule has 1 aliphatic heterocycles. The van der Waals surface area contributed by atoms with Gasteiger partial charge in [-0.2, -0.15) is 0 Å². The van der Waals surface area contributed by atoms with Gasteiger partial charge in [0.1, 0.15) is 5.82 Å². The summed E-state index contributed by atoms with van der Waals surface area (Å²) in [5.74, 6) is 1.25. The Morgan fingerprint density at radius 3 is 2.92 bits per heavy atom. The van der Waals surface area contributed by atoms with Crippen LogP contribution in [0.15, 0.2) is 36.5 Å². The fraction of sp³-hybridized carbons (Fsp3) is 0.333. The molecule has 1 saturated heterocycles. The molecule has 1 aromatic heterocycles. The summed E-state index contributed by atoms with van der Waals surface area (Å²) in [6.07, 6.45) is 4.06. The number of halogens is 2. The minimum Gasteiger partial charge on any atom is -0.356 e. The topological polar surface area (TPSA) is 45.2 Å². The van der Waals surface area contributed by atoms with Crippen LogP contribution in [0.25, 0.3) is 0 Å². The van der Waals surface area contributed by atoms with Crippen LogP contribution in [0.5, 0.6) is 0 Å². The van der Waals surface area contributed by atoms with Crippen molar-refractivity contribution < 1.29 is 4.79 Å². The number of amides is 1. The Kier molecular flexibility index (Phi) is 5.27. The summed E-state index contributed by atoms with van der Waals surface area (Å²) in [5, 5.41) is 3.78. The molecule has 2 aromatic rings. The zero-order chi connectivity index (χ0) is 17.1. The minimum atomic E-state index is -0.229. The molecule has 1 atom stereocenters. The standard InChI is InChI=1S/C18H19Cl2N3O/c1-12-3-2-8-23(11-12)17-9-13(6-7-21-17)18(24)22-16-10-14(19)4-5-15(16)20/h4-7,9-10,12H,2-3,8,11H2,1H3,(H,22,24). The second kappa shape index (κ2) is 7.41. The summed E-state index contributed by atoms with van der Waals surface area (Å²) in [6.45, 7) is 4.19. The SMILES string of the molecule is CC1CCCN(c2cc(C(=O)Nc3cc(Cl)ccc3Cl)ccn2)C1. The lowest BCUT2D eigenvalue weighted by molar-refractivity contribution is 0.102. The third-order valence-corrected chi connectivity index (χ3v) is 4.73. The highest BCUT2D eigenvalue weighted by Gasteiger charge is 2.19. The highest BCUT2D eigenvalue weighted by atomic mass is 35.5. The molecule has 0 spiro atoms. The first-order valence-electron chi connectivity index (χ1n) is 8.00. The molecule has 1 aromatic carbocycles. The number of piperidine rings is 1. The van der Waals surface area contributed by atoms with E-state index in [9.17, 15) is 4.79 Å². The summed E-state index contributed by atoms with van der Waals surface area (Å²) in [5.41, 5.74) is 1.05. The first-order chi connectivity index (χ1) is 11.5. The number of hydrogen-bond donors (Lipinski definition) is 1. The molecular formula is C18H19Cl2N3O. The quantitative estimate of drug-likeness (QED) is 0.845. The van der Waals surface area contributed by atoms with Gasteiger partial charge in [-0.15, -0.1) is 0 Å². The molecule has 1 unspecified atom stereocenters. The number of hydrogen-bond acceptors (Lipinski definition) is 3. The predicted octanol–water partition coefficient (Wildman–Crippen LogP) is 4.88. The van der Waals surface area contributed by atoms with E-state index in [2.05, 4.69) is 22.1 Å². The van der Waals surface area contributed by atoms with Crippen LogP contribution >= 0.6 is 23.2 Å². The number of nitrogens with zero attached hydrogens (tertiary/aromatic N) is 2. The van der Waals surface area contributed by atoms with Gasteiger partial charge >= 0.3 is 0 Å². The van der Waals surface area contributed by atoms with Gasteiger partial charge in [0.15, 0.2) is 0 Å². The Balaban J connectivity index is 1.78. The van der Waals surface area contributed by atoms with Crippen molar-refractivity contribution in [1.29, 1.82) is 0 Å². The van der Waals surface area contributed by atoms with Crippen molar-refractivity contribution in [3.63, 3.8) is 0 Å². The smallest absolute Gasteiger partial charge is 0.255 e. The highest BCUT2D eigenvalue weighted by Crippen LogP contribution is 2.26. The fourth-order valence-corrected chi connectivity index (χ4v) is 3.25. The molecule has 0 radical (unpaired) electrons. The fourth-order valence-electron chi connectivity index (χ4n) is 2.92. The largest absolute Gasteiger partial charge is 0.356 e. The molecule has 0 saturated carbocycles. The first-order valence-corrected chi connectivity index (χ1v) is 8.76. The molecule has 1 aliphatic rings. The van der Waals surface area contributed by atoms with E-state index in [0.717, 1.165) is 25.3 Å². The molecule has 126 valence electrons. The van der Waals surface area contributed by atoms with Gasteiger partial charge in [-0.25, -0.2) is 4.98 Å². The second-order valence-corrected chi connectivity index (χ2v) is 7.02. The number of pyridine rings is 1. The van der Waals surface area contributed by atoms with E-state index in [-0.39, 0.29) is 5.91 Å². The Hall–Kier alpha value is -1.78. The van der Waals surface area contributed by atoms with E-state index in [1.165, 1.54) is 6.42 Å². The van der Waals surface area contributed by atoms with Crippen molar-refractivity contribution >= 4 is 40.6 Å². The van der Waals surface area contributed by atoms with Gasteiger partial charge in [0, 0.05) is 29.9 Å². The molecule has 1 fully saturated rings. The predicted molar refractivity (Wildman–Crippen MR) is 99.3 cm³/mol. The van der Waals surface area contributed by atoms with Gasteiger partial charge in [0.05, 0.1) is 10.7 Å². The molecule has 2 heterocycles. The van der Waals surface area contributed by atoms with E-state index in [4.69, 9.17) is 23.2 Å². The third kappa shape index (κ3) is 4.00. The van der Waals surface area contributed by atoms with E-state index in [0.29, 0.717) is 27.2 Å². The molecule has 3 rings (SSSR count). The normalized spacial score (nSPS) is 17.6. The van der Waals surface area contributed by atoms with Crippen LogP contribution in [0.2, 0.25) is 10.0 Å². The molecule has 1 amide bonds. The summed E-state index contributed by atoms with van der Waals surface area (Å²) in [7, 11) is 0. The van der Waals surface area contributed by atoms with Crippen LogP contribution in [0.1, 0.15) is 30.1 Å². The molecule has 0 bridgehead atoms. The average Bonchev–Trinajstić information content (AvgIpc) is 2.58. The lowest BCUT2D eigenvalue weighted by atomic mass is 10.0. The number of aromatic nitrogens is 1. The molecule has 4 nitrogen and oxygen atoms in total. The average molecular weight is 364 g/mol. The van der Waals surface area contributed by atoms with Gasteiger partial charge in [0.2, 0.25) is 0 Å². The summed E-state index contributed by atoms with van der Waals surface area (Å²) in [4.78, 5) is 19.2. The summed E-state index contributed by atoms with van der Waals surface area (Å²) in [6, 6.07) is 8.50. The van der Waals surface area contributed by atoms with Crippen molar-refractivity contribution in [3.05, 3.63) is 52.1 Å². The Morgan fingerprint density at radius 2 is 2.12 bits per heavy atom. The van der Waals surface area contributed by atoms with Gasteiger partial charge in [0.25, 0.3) is 5.91 Å². The van der Waals surface area contributed by atoms with Crippen LogP contribution < -0.4 is 10.2 Å². The number of carbonyl (C=O) groups excluding carboxylic acids is 1. The third-order valence-electron chi connectivity index (χ3n) is 4.17. The highest BCUT2D eigenvalue weighted by molar-refractivity contribution is 6.35. The zero-order valence-corrected chi connectivity index (χ0v) is 14.9. The van der Waals surface area contributed by atoms with Crippen LogP contribution in [0, 0.1) is 5.92 Å². The van der Waals surface area contributed by atoms with Crippen LogP contribution in [0.3, 0.4) is 0 Å². The Bertz CT molecular complexity index is 751. The van der Waals surface area contributed by atoms with Gasteiger partial charge < -0.3 is 10.2 Å². The first kappa shape index (κ1) is 17.1. The van der Waals surface area contributed by atoms with Crippen LogP contribution in [-0.2, 0) is 0 Å². The van der Waals surface area contributed by atoms with E-state index >= 15 is 0 Å². The zero-order valence-electron chi connectivity index (χ0n) is 13.4. The molecule has 1 N–H and O–H groups in total. The lowest BCUT2D eigenvalue weighted by Gasteiger charge is -2.31. The van der Waals surface area contributed by atoms with Crippen LogP contribution in [0.4, 0.5) is 11.5 Å². The number of benzene rings is 1. The minimum absolute atomic E-state index is 0.229. The maximum atomic E-state index is 12.5. The molecule has 0 aliphatic carbocycles. The summed E-state index contributed by atoms with van der Waals surface area (Å²) < 4.78 is 0. The van der Waals surface area contributed by atoms with E-state index in [1.54, 1.807) is 30.5 Å². The Labute approximate surface area is 151 Å². The van der Waals surface area contributed by atoms with Crippen molar-refractivity contribution in [1.82, 2.24) is 4.98 Å². The van der Waals surface area contributed by atoms with Crippen LogP contribution in [-0.4, -0.2) is 24.0 Å². The second-order valence-electron chi connectivity index (χ2n) is 6.17. The lowest BCUT2D eigenvalue weighted by Crippen LogP contribution is -2.34. The van der Waals surface area contributed by atoms with Gasteiger partial charge in [-0.3, -0.25) is 4.79 Å². The molecular weight excluding hydrogens is 345 g/mol. The van der Waals surface area contributed by atoms with Crippen molar-refractivity contribution in [2.75, 3.05) is 23.3 Å². The van der Waals surface area contributed by atoms with Crippen molar-refractivity contribution in [3.8, 4) is 0 Å². The summed E-state index contributed by atoms with van der Waals surface area (Å²) >= 11 is 12.1. The number of rotatable bonds is 3. The van der Waals surface area contributed by atoms with Crippen molar-refractivity contribution in [2.24, 2.45) is 5.92 Å².